The molecule has 1 unspecified atom stereocenters. The van der Waals surface area contributed by atoms with Crippen molar-refractivity contribution in [2.24, 2.45) is 5.73 Å². The van der Waals surface area contributed by atoms with Gasteiger partial charge in [0, 0.05) is 23.3 Å². The summed E-state index contributed by atoms with van der Waals surface area (Å²) < 4.78 is 5.74. The summed E-state index contributed by atoms with van der Waals surface area (Å²) in [5, 5.41) is 0.757. The molecule has 2 aromatic rings. The minimum Gasteiger partial charge on any atom is -0.439 e. The maximum atomic E-state index is 6.08. The van der Waals surface area contributed by atoms with Gasteiger partial charge in [-0.15, -0.1) is 0 Å². The van der Waals surface area contributed by atoms with Gasteiger partial charge < -0.3 is 10.5 Å². The third-order valence-electron chi connectivity index (χ3n) is 2.91. The van der Waals surface area contributed by atoms with Crippen LogP contribution in [0.3, 0.4) is 0 Å². The molecular formula is C15H17ClN2O. The van der Waals surface area contributed by atoms with E-state index in [0.717, 1.165) is 28.3 Å². The second-order valence-electron chi connectivity index (χ2n) is 4.42. The van der Waals surface area contributed by atoms with E-state index in [1.165, 1.54) is 0 Å². The molecule has 2 N–H and O–H groups in total. The number of pyridine rings is 1. The molecule has 100 valence electrons. The van der Waals surface area contributed by atoms with Gasteiger partial charge in [0.15, 0.2) is 0 Å². The molecule has 2 rings (SSSR count). The summed E-state index contributed by atoms with van der Waals surface area (Å²) in [6.45, 7) is 3.98. The number of halogens is 1. The van der Waals surface area contributed by atoms with E-state index in [1.54, 1.807) is 6.20 Å². The van der Waals surface area contributed by atoms with Crippen LogP contribution in [0.15, 0.2) is 36.5 Å². The van der Waals surface area contributed by atoms with Gasteiger partial charge >= 0.3 is 0 Å². The lowest BCUT2D eigenvalue weighted by atomic mass is 10.1. The third kappa shape index (κ3) is 3.46. The second kappa shape index (κ2) is 6.04. The number of benzene rings is 1. The number of rotatable bonds is 4. The van der Waals surface area contributed by atoms with E-state index in [-0.39, 0.29) is 6.04 Å². The molecule has 1 atom stereocenters. The lowest BCUT2D eigenvalue weighted by molar-refractivity contribution is 0.461. The van der Waals surface area contributed by atoms with Gasteiger partial charge in [-0.2, -0.15) is 0 Å². The molecule has 0 aliphatic heterocycles. The Morgan fingerprint density at radius 1 is 1.32 bits per heavy atom. The minimum absolute atomic E-state index is 0.0400. The summed E-state index contributed by atoms with van der Waals surface area (Å²) >= 11 is 6.08. The standard InChI is InChI=1S/C15H17ClN2O/c1-3-11-8-13(4-5-14(11)16)19-15-9-12(10(2)17)6-7-18-15/h4-10H,3,17H2,1-2H3. The van der Waals surface area contributed by atoms with Crippen LogP contribution in [-0.2, 0) is 6.42 Å². The summed E-state index contributed by atoms with van der Waals surface area (Å²) in [7, 11) is 0. The molecule has 3 nitrogen and oxygen atoms in total. The highest BCUT2D eigenvalue weighted by atomic mass is 35.5. The van der Waals surface area contributed by atoms with Crippen LogP contribution < -0.4 is 10.5 Å². The SMILES string of the molecule is CCc1cc(Oc2cc(C(C)N)ccn2)ccc1Cl. The lowest BCUT2D eigenvalue weighted by Gasteiger charge is -2.10. The molecule has 0 spiro atoms. The van der Waals surface area contributed by atoms with Gasteiger partial charge in [0.05, 0.1) is 0 Å². The highest BCUT2D eigenvalue weighted by molar-refractivity contribution is 6.31. The molecule has 0 saturated heterocycles. The van der Waals surface area contributed by atoms with Crippen LogP contribution in [0.2, 0.25) is 5.02 Å². The van der Waals surface area contributed by atoms with E-state index < -0.39 is 0 Å². The van der Waals surface area contributed by atoms with Crippen LogP contribution in [0, 0.1) is 0 Å². The van der Waals surface area contributed by atoms with Crippen molar-refractivity contribution >= 4 is 11.6 Å². The summed E-state index contributed by atoms with van der Waals surface area (Å²) in [6.07, 6.45) is 2.56. The number of nitrogens with zero attached hydrogens (tertiary/aromatic N) is 1. The second-order valence-corrected chi connectivity index (χ2v) is 4.83. The monoisotopic (exact) mass is 276 g/mol. The summed E-state index contributed by atoms with van der Waals surface area (Å²) in [4.78, 5) is 4.18. The van der Waals surface area contributed by atoms with E-state index >= 15 is 0 Å². The van der Waals surface area contributed by atoms with Crippen LogP contribution in [0.1, 0.15) is 31.0 Å². The molecule has 0 aliphatic rings. The van der Waals surface area contributed by atoms with E-state index in [4.69, 9.17) is 22.1 Å². The van der Waals surface area contributed by atoms with Crippen molar-refractivity contribution in [2.45, 2.75) is 26.3 Å². The van der Waals surface area contributed by atoms with Crippen molar-refractivity contribution in [3.05, 3.63) is 52.7 Å². The average molecular weight is 277 g/mol. The van der Waals surface area contributed by atoms with Crippen LogP contribution in [0.5, 0.6) is 11.6 Å². The van der Waals surface area contributed by atoms with Gasteiger partial charge in [0.2, 0.25) is 5.88 Å². The highest BCUT2D eigenvalue weighted by Gasteiger charge is 2.05. The van der Waals surface area contributed by atoms with E-state index in [1.807, 2.05) is 37.3 Å². The molecule has 0 fully saturated rings. The molecule has 1 aromatic carbocycles. The largest absolute Gasteiger partial charge is 0.439 e. The number of hydrogen-bond donors (Lipinski definition) is 1. The fraction of sp³-hybridized carbons (Fsp3) is 0.267. The fourth-order valence-corrected chi connectivity index (χ4v) is 2.02. The Morgan fingerprint density at radius 2 is 2.11 bits per heavy atom. The molecule has 0 radical (unpaired) electrons. The third-order valence-corrected chi connectivity index (χ3v) is 3.27. The molecule has 0 aliphatic carbocycles. The summed E-state index contributed by atoms with van der Waals surface area (Å²) in [5.41, 5.74) is 7.89. The molecular weight excluding hydrogens is 260 g/mol. The highest BCUT2D eigenvalue weighted by Crippen LogP contribution is 2.26. The van der Waals surface area contributed by atoms with Gasteiger partial charge in [-0.3, -0.25) is 0 Å². The van der Waals surface area contributed by atoms with Crippen LogP contribution in [0.4, 0.5) is 0 Å². The molecule has 4 heteroatoms. The number of nitrogens with two attached hydrogens (primary N) is 1. The molecule has 0 bridgehead atoms. The molecule has 1 aromatic heterocycles. The average Bonchev–Trinajstić information content (AvgIpc) is 2.41. The minimum atomic E-state index is -0.0400. The number of aryl methyl sites for hydroxylation is 1. The summed E-state index contributed by atoms with van der Waals surface area (Å²) in [5.74, 6) is 1.27. The van der Waals surface area contributed by atoms with Gasteiger partial charge in [-0.25, -0.2) is 4.98 Å². The normalized spacial score (nSPS) is 12.2. The maximum absolute atomic E-state index is 6.08. The molecule has 19 heavy (non-hydrogen) atoms. The first-order valence-electron chi connectivity index (χ1n) is 6.28. The Kier molecular flexibility index (Phi) is 4.40. The van der Waals surface area contributed by atoms with Gasteiger partial charge in [-0.1, -0.05) is 18.5 Å². The van der Waals surface area contributed by atoms with Gasteiger partial charge in [0.25, 0.3) is 0 Å². The predicted octanol–water partition coefficient (Wildman–Crippen LogP) is 4.11. The fourth-order valence-electron chi connectivity index (χ4n) is 1.77. The first-order chi connectivity index (χ1) is 9.10. The first kappa shape index (κ1) is 13.8. The lowest BCUT2D eigenvalue weighted by Crippen LogP contribution is -2.05. The smallest absolute Gasteiger partial charge is 0.219 e. The Bertz CT molecular complexity index is 570. The molecule has 0 amide bonds. The van der Waals surface area contributed by atoms with Crippen LogP contribution in [0.25, 0.3) is 0 Å². The number of aromatic nitrogens is 1. The van der Waals surface area contributed by atoms with E-state index in [2.05, 4.69) is 11.9 Å². The quantitative estimate of drug-likeness (QED) is 0.914. The van der Waals surface area contributed by atoms with Gasteiger partial charge in [-0.05, 0) is 48.7 Å². The van der Waals surface area contributed by atoms with E-state index in [0.29, 0.717) is 5.88 Å². The van der Waals surface area contributed by atoms with Crippen LogP contribution in [-0.4, -0.2) is 4.98 Å². The number of hydrogen-bond acceptors (Lipinski definition) is 3. The van der Waals surface area contributed by atoms with Crippen molar-refractivity contribution in [1.29, 1.82) is 0 Å². The topological polar surface area (TPSA) is 48.1 Å². The van der Waals surface area contributed by atoms with E-state index in [9.17, 15) is 0 Å². The number of ether oxygens (including phenoxy) is 1. The Balaban J connectivity index is 2.23. The first-order valence-corrected chi connectivity index (χ1v) is 6.65. The zero-order valence-corrected chi connectivity index (χ0v) is 11.8. The van der Waals surface area contributed by atoms with Crippen molar-refractivity contribution in [3.63, 3.8) is 0 Å². The van der Waals surface area contributed by atoms with Crippen molar-refractivity contribution in [1.82, 2.24) is 4.98 Å². The van der Waals surface area contributed by atoms with Crippen molar-refractivity contribution in [3.8, 4) is 11.6 Å². The zero-order valence-electron chi connectivity index (χ0n) is 11.1. The molecule has 1 heterocycles. The Morgan fingerprint density at radius 3 is 2.79 bits per heavy atom. The van der Waals surface area contributed by atoms with Gasteiger partial charge in [0.1, 0.15) is 5.75 Å². The zero-order chi connectivity index (χ0) is 13.8. The Hall–Kier alpha value is -1.58. The molecule has 0 saturated carbocycles. The predicted molar refractivity (Wildman–Crippen MR) is 77.7 cm³/mol. The Labute approximate surface area is 118 Å². The maximum Gasteiger partial charge on any atom is 0.219 e. The van der Waals surface area contributed by atoms with Crippen molar-refractivity contribution < 1.29 is 4.74 Å². The summed E-state index contributed by atoms with van der Waals surface area (Å²) in [6, 6.07) is 9.30. The van der Waals surface area contributed by atoms with Crippen LogP contribution >= 0.6 is 11.6 Å². The van der Waals surface area contributed by atoms with Crippen molar-refractivity contribution in [2.75, 3.05) is 0 Å².